The van der Waals surface area contributed by atoms with Gasteiger partial charge >= 0.3 is 0 Å². The summed E-state index contributed by atoms with van der Waals surface area (Å²) in [7, 11) is 0. The van der Waals surface area contributed by atoms with E-state index in [-0.39, 0.29) is 18.1 Å². The number of halogens is 1. The first-order valence-electron chi connectivity index (χ1n) is 5.95. The van der Waals surface area contributed by atoms with Crippen LogP contribution in [0.1, 0.15) is 0 Å². The Morgan fingerprint density at radius 3 is 2.67 bits per heavy atom. The average molecular weight is 302 g/mol. The zero-order valence-corrected chi connectivity index (χ0v) is 11.5. The highest BCUT2D eigenvalue weighted by molar-refractivity contribution is 5.90. The van der Waals surface area contributed by atoms with E-state index in [1.165, 1.54) is 18.5 Å². The number of hydrogen-bond donors (Lipinski definition) is 1. The first-order chi connectivity index (χ1) is 9.74. The van der Waals surface area contributed by atoms with Crippen molar-refractivity contribution in [2.24, 2.45) is 0 Å². The maximum absolute atomic E-state index is 10.8. The molecule has 0 saturated heterocycles. The van der Waals surface area contributed by atoms with Crippen LogP contribution in [-0.2, 0) is 0 Å². The van der Waals surface area contributed by atoms with Crippen LogP contribution < -0.4 is 17.7 Å². The Kier molecular flexibility index (Phi) is 4.30. The number of hydrogen-bond acceptors (Lipinski definition) is 5. The Bertz CT molecular complexity index is 789. The molecular formula is C14H10ClN4O2-. The number of non-ortho nitro benzene ring substituents is 1. The Balaban J connectivity index is 0.00000161. The summed E-state index contributed by atoms with van der Waals surface area (Å²) >= 11 is 0. The molecule has 0 amide bonds. The number of nitrogens with zero attached hydrogens (tertiary/aromatic N) is 3. The zero-order chi connectivity index (χ0) is 13.9. The molecule has 3 rings (SSSR count). The van der Waals surface area contributed by atoms with Crippen LogP contribution >= 0.6 is 0 Å². The van der Waals surface area contributed by atoms with E-state index in [1.807, 2.05) is 24.3 Å². The molecular weight excluding hydrogens is 292 g/mol. The third kappa shape index (κ3) is 3.06. The van der Waals surface area contributed by atoms with Crippen molar-refractivity contribution in [1.29, 1.82) is 0 Å². The second-order valence-electron chi connectivity index (χ2n) is 4.17. The minimum Gasteiger partial charge on any atom is -1.00 e. The molecule has 0 aliphatic carbocycles. The van der Waals surface area contributed by atoms with E-state index in [0.717, 1.165) is 10.9 Å². The van der Waals surface area contributed by atoms with Crippen molar-refractivity contribution in [3.8, 4) is 0 Å². The first-order valence-corrected chi connectivity index (χ1v) is 5.95. The van der Waals surface area contributed by atoms with Crippen molar-refractivity contribution in [3.05, 3.63) is 65.0 Å². The normalized spacial score (nSPS) is 9.90. The van der Waals surface area contributed by atoms with Gasteiger partial charge in [-0.2, -0.15) is 0 Å². The summed E-state index contributed by atoms with van der Waals surface area (Å²) in [6.07, 6.45) is 1.46. The molecule has 1 heterocycles. The average Bonchev–Trinajstić information content (AvgIpc) is 2.48. The Hall–Kier alpha value is -2.73. The van der Waals surface area contributed by atoms with Crippen LogP contribution in [0.15, 0.2) is 54.9 Å². The van der Waals surface area contributed by atoms with Crippen LogP contribution in [-0.4, -0.2) is 14.9 Å². The molecule has 7 heteroatoms. The molecule has 0 spiro atoms. The topological polar surface area (TPSA) is 81.0 Å². The van der Waals surface area contributed by atoms with E-state index < -0.39 is 4.92 Å². The fourth-order valence-corrected chi connectivity index (χ4v) is 1.94. The SMILES string of the molecule is O=[N+]([O-])c1cccc(Nc2ncnc3ccccc23)c1.[Cl-]. The fraction of sp³-hybridized carbons (Fsp3) is 0. The highest BCUT2D eigenvalue weighted by Crippen LogP contribution is 2.24. The summed E-state index contributed by atoms with van der Waals surface area (Å²) in [5.41, 5.74) is 1.46. The summed E-state index contributed by atoms with van der Waals surface area (Å²) in [6.45, 7) is 0. The summed E-state index contributed by atoms with van der Waals surface area (Å²) < 4.78 is 0. The highest BCUT2D eigenvalue weighted by Gasteiger charge is 2.07. The molecule has 0 bridgehead atoms. The van der Waals surface area contributed by atoms with Crippen LogP contribution in [0.4, 0.5) is 17.2 Å². The molecule has 6 nitrogen and oxygen atoms in total. The summed E-state index contributed by atoms with van der Waals surface area (Å²) in [5, 5.41) is 14.7. The molecule has 21 heavy (non-hydrogen) atoms. The lowest BCUT2D eigenvalue weighted by atomic mass is 10.2. The van der Waals surface area contributed by atoms with E-state index in [1.54, 1.807) is 12.1 Å². The van der Waals surface area contributed by atoms with Gasteiger partial charge in [0.05, 0.1) is 10.4 Å². The van der Waals surface area contributed by atoms with Gasteiger partial charge in [0.2, 0.25) is 0 Å². The van der Waals surface area contributed by atoms with E-state index in [4.69, 9.17) is 0 Å². The van der Waals surface area contributed by atoms with Crippen LogP contribution in [0.5, 0.6) is 0 Å². The standard InChI is InChI=1S/C14H10N4O2.ClH/c19-18(20)11-5-3-4-10(8-11)17-14-12-6-1-2-7-13(12)15-9-16-14;/h1-9H,(H,15,16,17);1H/p-1. The molecule has 106 valence electrons. The van der Waals surface area contributed by atoms with Crippen molar-refractivity contribution >= 4 is 28.1 Å². The molecule has 0 radical (unpaired) electrons. The largest absolute Gasteiger partial charge is 1.00 e. The van der Waals surface area contributed by atoms with Crippen molar-refractivity contribution in [1.82, 2.24) is 9.97 Å². The molecule has 1 aromatic heterocycles. The number of aromatic nitrogens is 2. The zero-order valence-electron chi connectivity index (χ0n) is 10.7. The molecule has 1 N–H and O–H groups in total. The Labute approximate surface area is 126 Å². The van der Waals surface area contributed by atoms with Crippen LogP contribution in [0, 0.1) is 10.1 Å². The monoisotopic (exact) mass is 301 g/mol. The van der Waals surface area contributed by atoms with Gasteiger partial charge in [0.1, 0.15) is 12.1 Å². The van der Waals surface area contributed by atoms with Gasteiger partial charge in [-0.25, -0.2) is 9.97 Å². The minimum atomic E-state index is -0.427. The van der Waals surface area contributed by atoms with E-state index in [0.29, 0.717) is 11.5 Å². The number of rotatable bonds is 3. The lowest BCUT2D eigenvalue weighted by Gasteiger charge is -2.07. The van der Waals surface area contributed by atoms with Gasteiger partial charge in [-0.05, 0) is 18.2 Å². The molecule has 0 fully saturated rings. The molecule has 0 unspecified atom stereocenters. The van der Waals surface area contributed by atoms with Gasteiger partial charge in [0, 0.05) is 23.2 Å². The smallest absolute Gasteiger partial charge is 0.271 e. The number of nitro benzene ring substituents is 1. The lowest BCUT2D eigenvalue weighted by Crippen LogP contribution is -3.00. The van der Waals surface area contributed by atoms with Gasteiger partial charge in [-0.1, -0.05) is 18.2 Å². The highest BCUT2D eigenvalue weighted by atomic mass is 35.5. The Morgan fingerprint density at radius 2 is 1.86 bits per heavy atom. The van der Waals surface area contributed by atoms with Crippen molar-refractivity contribution in [2.75, 3.05) is 5.32 Å². The summed E-state index contributed by atoms with van der Waals surface area (Å²) in [4.78, 5) is 18.7. The Morgan fingerprint density at radius 1 is 1.05 bits per heavy atom. The third-order valence-electron chi connectivity index (χ3n) is 2.86. The molecule has 3 aromatic rings. The second-order valence-corrected chi connectivity index (χ2v) is 4.17. The van der Waals surface area contributed by atoms with Gasteiger partial charge in [0.15, 0.2) is 0 Å². The minimum absolute atomic E-state index is 0. The first kappa shape index (κ1) is 14.7. The second kappa shape index (κ2) is 6.15. The van der Waals surface area contributed by atoms with Gasteiger partial charge < -0.3 is 17.7 Å². The number of nitrogens with one attached hydrogen (secondary N) is 1. The van der Waals surface area contributed by atoms with E-state index in [2.05, 4.69) is 15.3 Å². The van der Waals surface area contributed by atoms with E-state index in [9.17, 15) is 10.1 Å². The maximum atomic E-state index is 10.8. The maximum Gasteiger partial charge on any atom is 0.271 e. The lowest BCUT2D eigenvalue weighted by molar-refractivity contribution is -0.384. The molecule has 0 saturated carbocycles. The van der Waals surface area contributed by atoms with Crippen LogP contribution in [0.2, 0.25) is 0 Å². The predicted octanol–water partition coefficient (Wildman–Crippen LogP) is 0.286. The number of anilines is 2. The number of para-hydroxylation sites is 1. The molecule has 2 aromatic carbocycles. The van der Waals surface area contributed by atoms with Crippen molar-refractivity contribution < 1.29 is 17.3 Å². The summed E-state index contributed by atoms with van der Waals surface area (Å²) in [6, 6.07) is 13.9. The number of fused-ring (bicyclic) bond motifs is 1. The quantitative estimate of drug-likeness (QED) is 0.555. The molecule has 0 aliphatic heterocycles. The summed E-state index contributed by atoms with van der Waals surface area (Å²) in [5.74, 6) is 0.621. The van der Waals surface area contributed by atoms with Crippen LogP contribution in [0.3, 0.4) is 0 Å². The third-order valence-corrected chi connectivity index (χ3v) is 2.86. The van der Waals surface area contributed by atoms with Crippen LogP contribution in [0.25, 0.3) is 10.9 Å². The number of benzene rings is 2. The van der Waals surface area contributed by atoms with Gasteiger partial charge in [0.25, 0.3) is 5.69 Å². The van der Waals surface area contributed by atoms with Gasteiger partial charge in [-0.15, -0.1) is 0 Å². The van der Waals surface area contributed by atoms with E-state index >= 15 is 0 Å². The molecule has 0 atom stereocenters. The number of nitro groups is 1. The fourth-order valence-electron chi connectivity index (χ4n) is 1.94. The predicted molar refractivity (Wildman–Crippen MR) is 75.9 cm³/mol. The molecule has 0 aliphatic rings. The van der Waals surface area contributed by atoms with Gasteiger partial charge in [-0.3, -0.25) is 10.1 Å². The van der Waals surface area contributed by atoms with Crippen molar-refractivity contribution in [2.45, 2.75) is 0 Å². The van der Waals surface area contributed by atoms with Crippen molar-refractivity contribution in [3.63, 3.8) is 0 Å².